The van der Waals surface area contributed by atoms with Gasteiger partial charge in [-0.15, -0.1) is 0 Å². The summed E-state index contributed by atoms with van der Waals surface area (Å²) in [6, 6.07) is 12.5. The lowest BCUT2D eigenvalue weighted by Gasteiger charge is -2.35. The molecule has 6 N–H and O–H groups in total. The number of sulfonamides is 1. The fourth-order valence-corrected chi connectivity index (χ4v) is 5.20. The largest absolute Gasteiger partial charge is 0.497 e. The lowest BCUT2D eigenvalue weighted by molar-refractivity contribution is 0.0668. The molecule has 0 spiro atoms. The minimum atomic E-state index is -4.12. The van der Waals surface area contributed by atoms with E-state index in [4.69, 9.17) is 15.2 Å². The molecule has 2 rings (SSSR count). The maximum atomic E-state index is 13.3. The topological polar surface area (TPSA) is 177 Å². The summed E-state index contributed by atoms with van der Waals surface area (Å²) < 4.78 is 39.0. The molecule has 0 fully saturated rings. The van der Waals surface area contributed by atoms with Crippen molar-refractivity contribution in [2.75, 3.05) is 13.7 Å². The maximum Gasteiger partial charge on any atom is 0.404 e. The molecule has 0 heterocycles. The Morgan fingerprint density at radius 1 is 1.05 bits per heavy atom. The van der Waals surface area contributed by atoms with Gasteiger partial charge in [0.05, 0.1) is 36.8 Å². The molecular formula is C25H35N3O8S. The monoisotopic (exact) mass is 537 g/mol. The Morgan fingerprint density at radius 3 is 2.22 bits per heavy atom. The summed E-state index contributed by atoms with van der Waals surface area (Å²) in [5.74, 6) is 0.472. The van der Waals surface area contributed by atoms with Crippen molar-refractivity contribution in [2.24, 2.45) is 11.1 Å². The molecule has 0 bridgehead atoms. The molecule has 0 aliphatic carbocycles. The number of benzene rings is 2. The van der Waals surface area contributed by atoms with Crippen LogP contribution in [0.3, 0.4) is 0 Å². The van der Waals surface area contributed by atoms with Gasteiger partial charge in [0.2, 0.25) is 10.0 Å². The lowest BCUT2D eigenvalue weighted by Crippen LogP contribution is -2.55. The molecule has 11 nitrogen and oxygen atoms in total. The van der Waals surface area contributed by atoms with Crippen molar-refractivity contribution >= 4 is 22.2 Å². The van der Waals surface area contributed by atoms with Crippen molar-refractivity contribution in [3.63, 3.8) is 0 Å². The number of nitrogens with two attached hydrogens (primary N) is 1. The van der Waals surface area contributed by atoms with E-state index in [-0.39, 0.29) is 24.3 Å². The number of primary amides is 1. The van der Waals surface area contributed by atoms with Gasteiger partial charge in [-0.3, -0.25) is 0 Å². The van der Waals surface area contributed by atoms with E-state index in [0.29, 0.717) is 12.2 Å². The van der Waals surface area contributed by atoms with E-state index >= 15 is 0 Å². The Hall–Kier alpha value is -3.35. The van der Waals surface area contributed by atoms with Gasteiger partial charge in [-0.25, -0.2) is 22.7 Å². The molecule has 0 radical (unpaired) electrons. The van der Waals surface area contributed by atoms with Crippen molar-refractivity contribution in [3.8, 4) is 5.75 Å². The fourth-order valence-electron chi connectivity index (χ4n) is 3.94. The number of hydrogen-bond acceptors (Lipinski definition) is 7. The first-order valence-electron chi connectivity index (χ1n) is 11.6. The van der Waals surface area contributed by atoms with Gasteiger partial charge in [0.25, 0.3) is 0 Å². The third-order valence-corrected chi connectivity index (χ3v) is 7.41. The zero-order valence-electron chi connectivity index (χ0n) is 21.1. The molecule has 2 aromatic carbocycles. The number of methoxy groups -OCH3 is 1. The zero-order valence-corrected chi connectivity index (χ0v) is 21.9. The van der Waals surface area contributed by atoms with Gasteiger partial charge >= 0.3 is 12.2 Å². The summed E-state index contributed by atoms with van der Waals surface area (Å²) in [6.07, 6.45) is -3.19. The minimum absolute atomic E-state index is 0.00278. The number of rotatable bonds is 14. The Kier molecular flexibility index (Phi) is 10.7. The van der Waals surface area contributed by atoms with Crippen LogP contribution in [0.25, 0.3) is 0 Å². The van der Waals surface area contributed by atoms with E-state index < -0.39 is 45.8 Å². The number of aliphatic hydroxyl groups is 1. The van der Waals surface area contributed by atoms with Crippen LogP contribution in [-0.4, -0.2) is 62.7 Å². The zero-order chi connectivity index (χ0) is 27.6. The predicted molar refractivity (Wildman–Crippen MR) is 137 cm³/mol. The van der Waals surface area contributed by atoms with Crippen LogP contribution >= 0.6 is 0 Å². The molecule has 1 unspecified atom stereocenters. The maximum absolute atomic E-state index is 13.3. The summed E-state index contributed by atoms with van der Waals surface area (Å²) in [5.41, 5.74) is 5.15. The first kappa shape index (κ1) is 29.9. The van der Waals surface area contributed by atoms with E-state index in [1.54, 1.807) is 24.3 Å². The third-order valence-electron chi connectivity index (χ3n) is 5.90. The first-order chi connectivity index (χ1) is 17.3. The first-order valence-corrected chi connectivity index (χ1v) is 13.1. The van der Waals surface area contributed by atoms with E-state index in [0.717, 1.165) is 5.56 Å². The Morgan fingerprint density at radius 2 is 1.68 bits per heavy atom. The van der Waals surface area contributed by atoms with Crippen molar-refractivity contribution in [3.05, 3.63) is 60.2 Å². The van der Waals surface area contributed by atoms with Crippen LogP contribution in [0.1, 0.15) is 32.3 Å². The molecule has 0 saturated heterocycles. The summed E-state index contributed by atoms with van der Waals surface area (Å²) in [7, 11) is -2.66. The number of ether oxygens (including phenoxy) is 2. The van der Waals surface area contributed by atoms with Crippen molar-refractivity contribution in [2.45, 2.75) is 56.2 Å². The summed E-state index contributed by atoms with van der Waals surface area (Å²) >= 11 is 0. The Labute approximate surface area is 217 Å². The second-order valence-electron chi connectivity index (χ2n) is 9.43. The third kappa shape index (κ3) is 9.90. The fraction of sp³-hybridized carbons (Fsp3) is 0.440. The molecule has 37 heavy (non-hydrogen) atoms. The van der Waals surface area contributed by atoms with E-state index in [1.165, 1.54) is 31.4 Å². The highest BCUT2D eigenvalue weighted by molar-refractivity contribution is 7.89. The van der Waals surface area contributed by atoms with Gasteiger partial charge < -0.3 is 30.7 Å². The number of amides is 2. The van der Waals surface area contributed by atoms with Crippen molar-refractivity contribution < 1.29 is 37.7 Å². The quantitative estimate of drug-likeness (QED) is 0.244. The van der Waals surface area contributed by atoms with Gasteiger partial charge in [0, 0.05) is 0 Å². The predicted octanol–water partition coefficient (Wildman–Crippen LogP) is 2.48. The molecule has 0 saturated carbocycles. The van der Waals surface area contributed by atoms with Gasteiger partial charge in [0.1, 0.15) is 5.75 Å². The summed E-state index contributed by atoms with van der Waals surface area (Å²) in [6.45, 7) is 3.63. The van der Waals surface area contributed by atoms with E-state index in [9.17, 15) is 28.2 Å². The normalized spacial score (nSPS) is 14.3. The highest BCUT2D eigenvalue weighted by atomic mass is 32.2. The van der Waals surface area contributed by atoms with Crippen molar-refractivity contribution in [1.29, 1.82) is 0 Å². The average Bonchev–Trinajstić information content (AvgIpc) is 2.82. The number of nitrogens with one attached hydrogen (secondary N) is 2. The van der Waals surface area contributed by atoms with Crippen molar-refractivity contribution in [1.82, 2.24) is 10.0 Å². The smallest absolute Gasteiger partial charge is 0.404 e. The highest BCUT2D eigenvalue weighted by Crippen LogP contribution is 2.30. The summed E-state index contributed by atoms with van der Waals surface area (Å²) in [5, 5.41) is 23.1. The standard InChI is InChI=1S/C25H35N3O8S/c1-25(2,13-14-36-23(26)30)16-21(28-37(33,34)19-11-9-18(35-3)10-12-19)22(29)20(27-24(31)32)15-17-7-5-4-6-8-17/h4-12,20-22,27-29H,13-16H2,1-3H3,(H2,26,30)(H,31,32)/t20-,21?,22+/m0/s1. The minimum Gasteiger partial charge on any atom is -0.497 e. The highest BCUT2D eigenvalue weighted by Gasteiger charge is 2.36. The lowest BCUT2D eigenvalue weighted by atomic mass is 9.80. The Balaban J connectivity index is 2.37. The molecular weight excluding hydrogens is 502 g/mol. The number of hydrogen-bond donors (Lipinski definition) is 5. The van der Waals surface area contributed by atoms with Crippen LogP contribution in [-0.2, 0) is 21.2 Å². The second-order valence-corrected chi connectivity index (χ2v) is 11.1. The molecule has 2 amide bonds. The SMILES string of the molecule is COc1ccc(S(=O)(=O)NC(CC(C)(C)CCOC(N)=O)[C@H](O)[C@H](Cc2ccccc2)NC(=O)O)cc1. The number of carbonyl (C=O) groups excluding carboxylic acids is 1. The Bertz CT molecular complexity index is 1120. The second kappa shape index (κ2) is 13.3. The molecule has 0 aromatic heterocycles. The molecule has 3 atom stereocenters. The average molecular weight is 538 g/mol. The molecule has 0 aliphatic heterocycles. The number of carbonyl (C=O) groups is 2. The van der Waals surface area contributed by atoms with Gasteiger partial charge in [0.15, 0.2) is 0 Å². The molecule has 204 valence electrons. The van der Waals surface area contributed by atoms with Gasteiger partial charge in [-0.1, -0.05) is 44.2 Å². The van der Waals surface area contributed by atoms with E-state index in [1.807, 2.05) is 19.9 Å². The van der Waals surface area contributed by atoms with Crippen LogP contribution < -0.4 is 20.5 Å². The van der Waals surface area contributed by atoms with Gasteiger partial charge in [-0.2, -0.15) is 0 Å². The number of carboxylic acid groups (broad SMARTS) is 1. The molecule has 0 aliphatic rings. The van der Waals surface area contributed by atoms with Crippen LogP contribution in [0.4, 0.5) is 9.59 Å². The van der Waals surface area contributed by atoms with Crippen LogP contribution in [0.5, 0.6) is 5.75 Å². The van der Waals surface area contributed by atoms with Crippen LogP contribution in [0.15, 0.2) is 59.5 Å². The summed E-state index contributed by atoms with van der Waals surface area (Å²) in [4.78, 5) is 22.5. The molecule has 12 heteroatoms. The van der Waals surface area contributed by atoms with Crippen LogP contribution in [0.2, 0.25) is 0 Å². The number of aliphatic hydroxyl groups excluding tert-OH is 1. The van der Waals surface area contributed by atoms with Crippen LogP contribution in [0, 0.1) is 5.41 Å². The van der Waals surface area contributed by atoms with E-state index in [2.05, 4.69) is 10.0 Å². The van der Waals surface area contributed by atoms with Gasteiger partial charge in [-0.05, 0) is 54.5 Å². The molecule has 2 aromatic rings.